The van der Waals surface area contributed by atoms with Crippen molar-refractivity contribution in [3.63, 3.8) is 0 Å². The van der Waals surface area contributed by atoms with Crippen molar-refractivity contribution in [3.05, 3.63) is 59.8 Å². The summed E-state index contributed by atoms with van der Waals surface area (Å²) in [6, 6.07) is 13.5. The standard InChI is InChI=1S/C19H18N2O4/c1-3-18-17(12-22)19(21(2)20-18)25-16-10-8-15(9-11-16)24-14-6-4-13(23)5-7-14/h4-12,23H,3H2,1-2H3. The van der Waals surface area contributed by atoms with Crippen molar-refractivity contribution in [1.29, 1.82) is 0 Å². The average molecular weight is 338 g/mol. The van der Waals surface area contributed by atoms with Crippen molar-refractivity contribution in [2.24, 2.45) is 7.05 Å². The van der Waals surface area contributed by atoms with Crippen LogP contribution in [0, 0.1) is 0 Å². The Bertz CT molecular complexity index is 868. The van der Waals surface area contributed by atoms with Crippen LogP contribution in [0.4, 0.5) is 0 Å². The zero-order valence-corrected chi connectivity index (χ0v) is 14.0. The van der Waals surface area contributed by atoms with E-state index < -0.39 is 0 Å². The van der Waals surface area contributed by atoms with Crippen LogP contribution in [-0.4, -0.2) is 21.2 Å². The number of carbonyl (C=O) groups is 1. The highest BCUT2D eigenvalue weighted by molar-refractivity contribution is 5.80. The molecule has 0 fully saturated rings. The third-order valence-corrected chi connectivity index (χ3v) is 3.67. The molecule has 0 unspecified atom stereocenters. The molecule has 0 saturated carbocycles. The molecule has 128 valence electrons. The smallest absolute Gasteiger partial charge is 0.228 e. The molecule has 1 N–H and O–H groups in total. The molecule has 6 heteroatoms. The minimum atomic E-state index is 0.185. The molecule has 0 aliphatic rings. The number of aromatic nitrogens is 2. The molecular formula is C19H18N2O4. The summed E-state index contributed by atoms with van der Waals surface area (Å²) in [5.74, 6) is 2.43. The quantitative estimate of drug-likeness (QED) is 0.685. The topological polar surface area (TPSA) is 73.6 Å². The second kappa shape index (κ2) is 7.09. The number of phenolic OH excluding ortho intramolecular Hbond substituents is 1. The molecule has 25 heavy (non-hydrogen) atoms. The second-order valence-electron chi connectivity index (χ2n) is 5.43. The van der Waals surface area contributed by atoms with E-state index in [1.807, 2.05) is 6.92 Å². The predicted molar refractivity (Wildman–Crippen MR) is 92.7 cm³/mol. The third-order valence-electron chi connectivity index (χ3n) is 3.67. The molecule has 3 rings (SSSR count). The Kier molecular flexibility index (Phi) is 4.70. The van der Waals surface area contributed by atoms with Crippen LogP contribution in [0.25, 0.3) is 0 Å². The van der Waals surface area contributed by atoms with Crippen LogP contribution in [-0.2, 0) is 13.5 Å². The van der Waals surface area contributed by atoms with E-state index in [9.17, 15) is 9.90 Å². The number of hydrogen-bond donors (Lipinski definition) is 1. The Hall–Kier alpha value is -3.28. The lowest BCUT2D eigenvalue weighted by molar-refractivity contribution is 0.112. The van der Waals surface area contributed by atoms with Crippen molar-refractivity contribution >= 4 is 6.29 Å². The van der Waals surface area contributed by atoms with E-state index in [1.54, 1.807) is 60.3 Å². The first-order chi connectivity index (χ1) is 12.1. The van der Waals surface area contributed by atoms with Crippen LogP contribution in [0.2, 0.25) is 0 Å². The Morgan fingerprint density at radius 2 is 1.52 bits per heavy atom. The van der Waals surface area contributed by atoms with E-state index in [0.717, 1.165) is 6.29 Å². The van der Waals surface area contributed by atoms with Gasteiger partial charge in [0.25, 0.3) is 0 Å². The van der Waals surface area contributed by atoms with E-state index in [-0.39, 0.29) is 5.75 Å². The summed E-state index contributed by atoms with van der Waals surface area (Å²) in [5.41, 5.74) is 1.18. The molecule has 6 nitrogen and oxygen atoms in total. The van der Waals surface area contributed by atoms with Gasteiger partial charge in [-0.05, 0) is 55.0 Å². The van der Waals surface area contributed by atoms with E-state index in [2.05, 4.69) is 5.10 Å². The molecule has 0 radical (unpaired) electrons. The molecule has 0 amide bonds. The Morgan fingerprint density at radius 3 is 2.04 bits per heavy atom. The minimum absolute atomic E-state index is 0.185. The molecule has 1 heterocycles. The van der Waals surface area contributed by atoms with Crippen LogP contribution >= 0.6 is 0 Å². The summed E-state index contributed by atoms with van der Waals surface area (Å²) >= 11 is 0. The highest BCUT2D eigenvalue weighted by Gasteiger charge is 2.16. The van der Waals surface area contributed by atoms with Crippen molar-refractivity contribution < 1.29 is 19.4 Å². The number of hydrogen-bond acceptors (Lipinski definition) is 5. The van der Waals surface area contributed by atoms with Crippen LogP contribution in [0.3, 0.4) is 0 Å². The van der Waals surface area contributed by atoms with E-state index in [0.29, 0.717) is 40.8 Å². The molecule has 0 atom stereocenters. The summed E-state index contributed by atoms with van der Waals surface area (Å²) < 4.78 is 13.1. The van der Waals surface area contributed by atoms with Crippen LogP contribution in [0.5, 0.6) is 28.9 Å². The molecule has 0 bridgehead atoms. The SMILES string of the molecule is CCc1nn(C)c(Oc2ccc(Oc3ccc(O)cc3)cc2)c1C=O. The fraction of sp³-hybridized carbons (Fsp3) is 0.158. The zero-order chi connectivity index (χ0) is 17.8. The van der Waals surface area contributed by atoms with E-state index in [4.69, 9.17) is 9.47 Å². The first-order valence-electron chi connectivity index (χ1n) is 7.86. The lowest BCUT2D eigenvalue weighted by Gasteiger charge is -2.09. The lowest BCUT2D eigenvalue weighted by Crippen LogP contribution is -1.96. The largest absolute Gasteiger partial charge is 0.508 e. The molecule has 0 spiro atoms. The van der Waals surface area contributed by atoms with E-state index >= 15 is 0 Å². The normalized spacial score (nSPS) is 10.5. The highest BCUT2D eigenvalue weighted by Crippen LogP contribution is 2.29. The van der Waals surface area contributed by atoms with Gasteiger partial charge in [0.1, 0.15) is 23.0 Å². The summed E-state index contributed by atoms with van der Waals surface area (Å²) in [6.07, 6.45) is 1.42. The van der Waals surface area contributed by atoms with Gasteiger partial charge in [0, 0.05) is 7.05 Å². The number of rotatable bonds is 6. The summed E-state index contributed by atoms with van der Waals surface area (Å²) in [5, 5.41) is 13.6. The number of aryl methyl sites for hydroxylation is 2. The van der Waals surface area contributed by atoms with Gasteiger partial charge in [-0.3, -0.25) is 4.79 Å². The second-order valence-corrected chi connectivity index (χ2v) is 5.43. The van der Waals surface area contributed by atoms with Gasteiger partial charge in [-0.2, -0.15) is 5.10 Å². The van der Waals surface area contributed by atoms with Crippen LogP contribution < -0.4 is 9.47 Å². The van der Waals surface area contributed by atoms with Gasteiger partial charge < -0.3 is 14.6 Å². The fourth-order valence-corrected chi connectivity index (χ4v) is 2.42. The van der Waals surface area contributed by atoms with Gasteiger partial charge in [0.2, 0.25) is 5.88 Å². The highest BCUT2D eigenvalue weighted by atomic mass is 16.5. The van der Waals surface area contributed by atoms with Crippen LogP contribution in [0.15, 0.2) is 48.5 Å². The Morgan fingerprint density at radius 1 is 1.00 bits per heavy atom. The molecule has 0 saturated heterocycles. The van der Waals surface area contributed by atoms with Gasteiger partial charge in [-0.1, -0.05) is 6.92 Å². The van der Waals surface area contributed by atoms with Crippen molar-refractivity contribution in [2.75, 3.05) is 0 Å². The minimum Gasteiger partial charge on any atom is -0.508 e. The number of carbonyl (C=O) groups excluding carboxylic acids is 1. The number of aromatic hydroxyl groups is 1. The number of nitrogens with zero attached hydrogens (tertiary/aromatic N) is 2. The molecule has 3 aromatic rings. The molecular weight excluding hydrogens is 320 g/mol. The van der Waals surface area contributed by atoms with Crippen molar-refractivity contribution in [3.8, 4) is 28.9 Å². The third kappa shape index (κ3) is 3.63. The first kappa shape index (κ1) is 16.6. The van der Waals surface area contributed by atoms with Gasteiger partial charge in [-0.25, -0.2) is 4.68 Å². The monoisotopic (exact) mass is 338 g/mol. The van der Waals surface area contributed by atoms with Crippen molar-refractivity contribution in [2.45, 2.75) is 13.3 Å². The number of ether oxygens (including phenoxy) is 2. The molecule has 2 aromatic carbocycles. The van der Waals surface area contributed by atoms with Crippen LogP contribution in [0.1, 0.15) is 23.0 Å². The number of aldehydes is 1. The number of phenols is 1. The maximum absolute atomic E-state index is 11.3. The van der Waals surface area contributed by atoms with Gasteiger partial charge in [-0.15, -0.1) is 0 Å². The molecule has 0 aliphatic carbocycles. The van der Waals surface area contributed by atoms with Gasteiger partial charge >= 0.3 is 0 Å². The summed E-state index contributed by atoms with van der Waals surface area (Å²) in [4.78, 5) is 11.3. The fourth-order valence-electron chi connectivity index (χ4n) is 2.42. The maximum atomic E-state index is 11.3. The summed E-state index contributed by atoms with van der Waals surface area (Å²) in [6.45, 7) is 1.94. The Balaban J connectivity index is 1.76. The molecule has 1 aromatic heterocycles. The predicted octanol–water partition coefficient (Wildman–Crippen LogP) is 4.09. The summed E-state index contributed by atoms with van der Waals surface area (Å²) in [7, 11) is 1.74. The average Bonchev–Trinajstić information content (AvgIpc) is 2.93. The first-order valence-corrected chi connectivity index (χ1v) is 7.86. The van der Waals surface area contributed by atoms with E-state index in [1.165, 1.54) is 0 Å². The van der Waals surface area contributed by atoms with Gasteiger partial charge in [0.15, 0.2) is 6.29 Å². The number of benzene rings is 2. The lowest BCUT2D eigenvalue weighted by atomic mass is 10.2. The van der Waals surface area contributed by atoms with Gasteiger partial charge in [0.05, 0.1) is 11.3 Å². The molecule has 0 aliphatic heterocycles. The maximum Gasteiger partial charge on any atom is 0.228 e. The zero-order valence-electron chi connectivity index (χ0n) is 14.0. The Labute approximate surface area is 145 Å². The van der Waals surface area contributed by atoms with Crippen molar-refractivity contribution in [1.82, 2.24) is 9.78 Å².